The van der Waals surface area contributed by atoms with Crippen LogP contribution in [0.4, 0.5) is 0 Å². The maximum Gasteiger partial charge on any atom is 0.505 e. The smallest absolute Gasteiger partial charge is 0.300 e. The molecule has 0 aliphatic rings. The van der Waals surface area contributed by atoms with Crippen molar-refractivity contribution in [3.63, 3.8) is 0 Å². The lowest BCUT2D eigenvalue weighted by Gasteiger charge is -2.26. The summed E-state index contributed by atoms with van der Waals surface area (Å²) in [5, 5.41) is 2.36. The molecule has 0 amide bonds. The zero-order valence-electron chi connectivity index (χ0n) is 10.2. The maximum atomic E-state index is 11.8. The first-order valence-corrected chi connectivity index (χ1v) is 9.08. The molecule has 116 valence electrons. The monoisotopic (exact) mass is 376 g/mol. The van der Waals surface area contributed by atoms with Crippen molar-refractivity contribution in [1.82, 2.24) is 10.1 Å². The van der Waals surface area contributed by atoms with Gasteiger partial charge < -0.3 is 4.89 Å². The summed E-state index contributed by atoms with van der Waals surface area (Å²) in [6.07, 6.45) is 0. The van der Waals surface area contributed by atoms with E-state index < -0.39 is 7.82 Å². The molecular formula is C8H17Cl4N2O4P. The predicted molar refractivity (Wildman–Crippen MR) is 78.0 cm³/mol. The second-order valence-corrected chi connectivity index (χ2v) is 6.02. The van der Waals surface area contributed by atoms with Crippen molar-refractivity contribution < 1.29 is 18.7 Å². The van der Waals surface area contributed by atoms with Gasteiger partial charge in [-0.15, -0.1) is 46.4 Å². The number of rotatable bonds is 12. The van der Waals surface area contributed by atoms with Crippen LogP contribution in [0.25, 0.3) is 0 Å². The topological polar surface area (TPSA) is 62.2 Å². The molecule has 0 bridgehead atoms. The summed E-state index contributed by atoms with van der Waals surface area (Å²) in [7, 11) is -4.31. The van der Waals surface area contributed by atoms with Crippen LogP contribution in [0, 0.1) is 0 Å². The summed E-state index contributed by atoms with van der Waals surface area (Å²) in [4.78, 5) is 9.62. The van der Waals surface area contributed by atoms with E-state index in [1.807, 2.05) is 0 Å². The number of phosphoric acid groups is 1. The molecule has 0 aliphatic carbocycles. The molecule has 0 fully saturated rings. The first-order valence-electron chi connectivity index (χ1n) is 5.45. The van der Waals surface area contributed by atoms with Crippen LogP contribution in [-0.2, 0) is 13.8 Å². The van der Waals surface area contributed by atoms with Gasteiger partial charge in [0.05, 0.1) is 0 Å². The summed E-state index contributed by atoms with van der Waals surface area (Å²) in [6.45, 7) is 0.973. The fourth-order valence-corrected chi connectivity index (χ4v) is 2.76. The third kappa shape index (κ3) is 10.5. The van der Waals surface area contributed by atoms with Gasteiger partial charge in [0.15, 0.2) is 0 Å². The Kier molecular flexibility index (Phi) is 12.5. The van der Waals surface area contributed by atoms with Crippen molar-refractivity contribution in [1.29, 1.82) is 0 Å². The fourth-order valence-electron chi connectivity index (χ4n) is 1.07. The second kappa shape index (κ2) is 11.8. The Hall–Kier alpha value is 1.19. The van der Waals surface area contributed by atoms with Gasteiger partial charge in [-0.3, -0.25) is 0 Å². The van der Waals surface area contributed by atoms with Crippen molar-refractivity contribution in [3.8, 4) is 0 Å². The molecule has 1 N–H and O–H groups in total. The van der Waals surface area contributed by atoms with Gasteiger partial charge >= 0.3 is 7.82 Å². The highest BCUT2D eigenvalue weighted by atomic mass is 35.5. The Morgan fingerprint density at radius 1 is 0.789 bits per heavy atom. The van der Waals surface area contributed by atoms with Gasteiger partial charge in [0.25, 0.3) is 0 Å². The van der Waals surface area contributed by atoms with Crippen LogP contribution in [0.15, 0.2) is 0 Å². The van der Waals surface area contributed by atoms with E-state index in [4.69, 9.17) is 55.7 Å². The molecule has 0 atom stereocenters. The molecule has 0 heterocycles. The number of halogens is 4. The van der Waals surface area contributed by atoms with Gasteiger partial charge in [0.1, 0.15) is 0 Å². The first-order chi connectivity index (χ1) is 8.99. The van der Waals surface area contributed by atoms with Crippen molar-refractivity contribution >= 4 is 54.2 Å². The summed E-state index contributed by atoms with van der Waals surface area (Å²) >= 11 is 22.2. The second-order valence-electron chi connectivity index (χ2n) is 3.25. The van der Waals surface area contributed by atoms with Crippen LogP contribution in [0.1, 0.15) is 0 Å². The molecule has 0 rings (SSSR count). The van der Waals surface area contributed by atoms with Gasteiger partial charge in [0, 0.05) is 49.7 Å². The highest BCUT2D eigenvalue weighted by molar-refractivity contribution is 7.47. The van der Waals surface area contributed by atoms with Gasteiger partial charge in [-0.2, -0.15) is 19.4 Å². The van der Waals surface area contributed by atoms with Crippen molar-refractivity contribution in [2.75, 3.05) is 49.7 Å². The Morgan fingerprint density at radius 3 is 1.26 bits per heavy atom. The molecule has 6 nitrogen and oxygen atoms in total. The molecular weight excluding hydrogens is 361 g/mol. The Balaban J connectivity index is 4.42. The lowest BCUT2D eigenvalue weighted by atomic mass is 10.6. The van der Waals surface area contributed by atoms with Crippen molar-refractivity contribution in [2.24, 2.45) is 0 Å². The number of alkyl halides is 4. The first kappa shape index (κ1) is 20.2. The summed E-state index contributed by atoms with van der Waals surface area (Å²) < 4.78 is 21.5. The highest BCUT2D eigenvalue weighted by Crippen LogP contribution is 2.45. The van der Waals surface area contributed by atoms with Crippen LogP contribution in [0.3, 0.4) is 0 Å². The van der Waals surface area contributed by atoms with Crippen LogP contribution in [-0.4, -0.2) is 64.7 Å². The van der Waals surface area contributed by atoms with Crippen LogP contribution < -0.4 is 0 Å². The Morgan fingerprint density at radius 2 is 1.05 bits per heavy atom. The minimum absolute atomic E-state index is 0.226. The van der Waals surface area contributed by atoms with E-state index in [1.165, 1.54) is 10.1 Å². The maximum absolute atomic E-state index is 11.8. The van der Waals surface area contributed by atoms with E-state index in [0.717, 1.165) is 0 Å². The van der Waals surface area contributed by atoms with Gasteiger partial charge in [-0.05, 0) is 0 Å². The molecule has 0 aromatic carbocycles. The highest BCUT2D eigenvalue weighted by Gasteiger charge is 2.29. The average Bonchev–Trinajstić information content (AvgIpc) is 2.29. The SMILES string of the molecule is O=P(O)(ON(CCCl)CCCl)ON(CCCl)CCCl. The summed E-state index contributed by atoms with van der Waals surface area (Å²) in [6, 6.07) is 0. The largest absolute Gasteiger partial charge is 0.505 e. The molecule has 0 aliphatic heterocycles. The van der Waals surface area contributed by atoms with E-state index >= 15 is 0 Å². The van der Waals surface area contributed by atoms with E-state index in [-0.39, 0.29) is 49.7 Å². The normalized spacial score (nSPS) is 12.6. The lowest BCUT2D eigenvalue weighted by molar-refractivity contribution is -0.132. The number of nitrogens with zero attached hydrogens (tertiary/aromatic N) is 2. The molecule has 11 heteroatoms. The zero-order valence-corrected chi connectivity index (χ0v) is 14.1. The molecule has 0 unspecified atom stereocenters. The lowest BCUT2D eigenvalue weighted by Crippen LogP contribution is -2.31. The Bertz CT molecular complexity index is 243. The molecule has 0 radical (unpaired) electrons. The minimum atomic E-state index is -4.31. The average molecular weight is 378 g/mol. The Labute approximate surface area is 133 Å². The van der Waals surface area contributed by atoms with E-state index in [1.54, 1.807) is 0 Å². The number of hydrogen-bond acceptors (Lipinski definition) is 5. The molecule has 0 spiro atoms. The van der Waals surface area contributed by atoms with Gasteiger partial charge in [-0.1, -0.05) is 0 Å². The summed E-state index contributed by atoms with van der Waals surface area (Å²) in [5.41, 5.74) is 0. The predicted octanol–water partition coefficient (Wildman–Crippen LogP) is 2.51. The van der Waals surface area contributed by atoms with Crippen LogP contribution in [0.5, 0.6) is 0 Å². The standard InChI is InChI=1S/C8H17Cl4N2O4P/c9-1-5-13(6-2-10)17-19(15,16)18-14(7-3-11)8-4-12/h1-8H2,(H,15,16). The van der Waals surface area contributed by atoms with E-state index in [9.17, 15) is 9.46 Å². The molecule has 0 aromatic rings. The number of hydroxylamine groups is 4. The van der Waals surface area contributed by atoms with E-state index in [2.05, 4.69) is 0 Å². The fraction of sp³-hybridized carbons (Fsp3) is 1.00. The molecule has 0 aromatic heterocycles. The minimum Gasteiger partial charge on any atom is -0.300 e. The van der Waals surface area contributed by atoms with E-state index in [0.29, 0.717) is 0 Å². The van der Waals surface area contributed by atoms with Crippen molar-refractivity contribution in [3.05, 3.63) is 0 Å². The zero-order chi connectivity index (χ0) is 14.7. The summed E-state index contributed by atoms with van der Waals surface area (Å²) in [5.74, 6) is 0.905. The van der Waals surface area contributed by atoms with Gasteiger partial charge in [-0.25, -0.2) is 4.57 Å². The quantitative estimate of drug-likeness (QED) is 0.320. The molecule has 0 saturated carbocycles. The van der Waals surface area contributed by atoms with Crippen molar-refractivity contribution in [2.45, 2.75) is 0 Å². The van der Waals surface area contributed by atoms with Gasteiger partial charge in [0.2, 0.25) is 0 Å². The molecule has 19 heavy (non-hydrogen) atoms. The number of hydrogen-bond donors (Lipinski definition) is 1. The van der Waals surface area contributed by atoms with Crippen LogP contribution in [0.2, 0.25) is 0 Å². The third-order valence-corrected chi connectivity index (χ3v) is 3.32. The van der Waals surface area contributed by atoms with Crippen LogP contribution >= 0.6 is 54.2 Å². The molecule has 0 saturated heterocycles. The third-order valence-electron chi connectivity index (χ3n) is 1.77.